The van der Waals surface area contributed by atoms with E-state index in [1.54, 1.807) is 23.5 Å². The zero-order valence-electron chi connectivity index (χ0n) is 18.5. The summed E-state index contributed by atoms with van der Waals surface area (Å²) in [6, 6.07) is 20.9. The standard InChI is InChI=1S/C25H23N3O4S2/c1-32-19-12-14-20(15-13-19)34(30,31)28-16-4-6-22(28)24(29)26-18-10-8-17(9-11-18)25-27-21-5-2-3-7-23(21)33-25/h2-3,5,7-15,22H,4,6,16H2,1H3,(H,26,29). The van der Waals surface area contributed by atoms with E-state index in [9.17, 15) is 13.2 Å². The van der Waals surface area contributed by atoms with Crippen molar-refractivity contribution >= 4 is 43.2 Å². The van der Waals surface area contributed by atoms with Gasteiger partial charge in [0, 0.05) is 17.8 Å². The number of carbonyl (C=O) groups excluding carboxylic acids is 1. The third-order valence-electron chi connectivity index (χ3n) is 5.87. The summed E-state index contributed by atoms with van der Waals surface area (Å²) < 4.78 is 33.9. The lowest BCUT2D eigenvalue weighted by Crippen LogP contribution is -2.43. The van der Waals surface area contributed by atoms with Crippen LogP contribution in [0.2, 0.25) is 0 Å². The van der Waals surface area contributed by atoms with Gasteiger partial charge in [-0.15, -0.1) is 11.3 Å². The Labute approximate surface area is 202 Å². The van der Waals surface area contributed by atoms with E-state index in [-0.39, 0.29) is 10.8 Å². The Kier molecular flexibility index (Phi) is 6.07. The highest BCUT2D eigenvalue weighted by Crippen LogP contribution is 2.31. The number of methoxy groups -OCH3 is 1. The average molecular weight is 494 g/mol. The Morgan fingerprint density at radius 2 is 1.79 bits per heavy atom. The number of thiazole rings is 1. The third kappa shape index (κ3) is 4.29. The molecule has 0 saturated carbocycles. The molecule has 174 valence electrons. The number of carbonyl (C=O) groups is 1. The molecular weight excluding hydrogens is 470 g/mol. The van der Waals surface area contributed by atoms with Crippen LogP contribution in [0.4, 0.5) is 5.69 Å². The first-order valence-corrected chi connectivity index (χ1v) is 13.1. The van der Waals surface area contributed by atoms with Crippen LogP contribution in [0.1, 0.15) is 12.8 Å². The van der Waals surface area contributed by atoms with Gasteiger partial charge < -0.3 is 10.1 Å². The lowest BCUT2D eigenvalue weighted by atomic mass is 10.2. The number of hydrogen-bond acceptors (Lipinski definition) is 6. The molecule has 1 atom stereocenters. The van der Waals surface area contributed by atoms with Gasteiger partial charge in [0.1, 0.15) is 16.8 Å². The molecule has 2 heterocycles. The second-order valence-corrected chi connectivity index (χ2v) is 10.9. The molecule has 9 heteroatoms. The normalized spacial score (nSPS) is 16.6. The van der Waals surface area contributed by atoms with Gasteiger partial charge >= 0.3 is 0 Å². The number of nitrogens with one attached hydrogen (secondary N) is 1. The number of fused-ring (bicyclic) bond motifs is 1. The molecule has 1 saturated heterocycles. The molecule has 3 aromatic carbocycles. The number of amides is 1. The Morgan fingerprint density at radius 3 is 2.50 bits per heavy atom. The van der Waals surface area contributed by atoms with Crippen molar-refractivity contribution in [3.8, 4) is 16.3 Å². The molecule has 0 spiro atoms. The van der Waals surface area contributed by atoms with Crippen molar-refractivity contribution in [3.05, 3.63) is 72.8 Å². The molecule has 5 rings (SSSR count). The summed E-state index contributed by atoms with van der Waals surface area (Å²) in [4.78, 5) is 17.8. The molecule has 0 aliphatic carbocycles. The first kappa shape index (κ1) is 22.5. The molecule has 1 amide bonds. The molecule has 1 unspecified atom stereocenters. The van der Waals surface area contributed by atoms with E-state index >= 15 is 0 Å². The largest absolute Gasteiger partial charge is 0.497 e. The van der Waals surface area contributed by atoms with E-state index in [1.807, 2.05) is 48.5 Å². The van der Waals surface area contributed by atoms with Gasteiger partial charge in [-0.25, -0.2) is 13.4 Å². The number of anilines is 1. The van der Waals surface area contributed by atoms with Crippen LogP contribution in [-0.4, -0.2) is 43.3 Å². The molecule has 34 heavy (non-hydrogen) atoms. The minimum absolute atomic E-state index is 0.146. The molecular formula is C25H23N3O4S2. The fraction of sp³-hybridized carbons (Fsp3) is 0.200. The fourth-order valence-electron chi connectivity index (χ4n) is 4.09. The van der Waals surface area contributed by atoms with E-state index in [1.165, 1.54) is 23.5 Å². The van der Waals surface area contributed by atoms with Crippen molar-refractivity contribution in [2.75, 3.05) is 19.0 Å². The van der Waals surface area contributed by atoms with Crippen molar-refractivity contribution in [3.63, 3.8) is 0 Å². The van der Waals surface area contributed by atoms with Gasteiger partial charge in [0.05, 0.1) is 22.2 Å². The number of sulfonamides is 1. The van der Waals surface area contributed by atoms with Crippen molar-refractivity contribution in [2.24, 2.45) is 0 Å². The summed E-state index contributed by atoms with van der Waals surface area (Å²) in [6.07, 6.45) is 1.11. The molecule has 1 aromatic heterocycles. The fourth-order valence-corrected chi connectivity index (χ4v) is 6.72. The van der Waals surface area contributed by atoms with Gasteiger partial charge in [0.15, 0.2) is 0 Å². The summed E-state index contributed by atoms with van der Waals surface area (Å²) in [5.41, 5.74) is 2.53. The summed E-state index contributed by atoms with van der Waals surface area (Å²) in [5, 5.41) is 3.79. The van der Waals surface area contributed by atoms with Crippen LogP contribution in [0, 0.1) is 0 Å². The van der Waals surface area contributed by atoms with Crippen LogP contribution >= 0.6 is 11.3 Å². The molecule has 1 fully saturated rings. The number of rotatable bonds is 6. The SMILES string of the molecule is COc1ccc(S(=O)(=O)N2CCCC2C(=O)Nc2ccc(-c3nc4ccccc4s3)cc2)cc1. The van der Waals surface area contributed by atoms with E-state index < -0.39 is 16.1 Å². The molecule has 1 aliphatic heterocycles. The smallest absolute Gasteiger partial charge is 0.243 e. The van der Waals surface area contributed by atoms with Gasteiger partial charge in [0.25, 0.3) is 0 Å². The van der Waals surface area contributed by atoms with Gasteiger partial charge in [0.2, 0.25) is 15.9 Å². The Bertz CT molecular complexity index is 1400. The third-order valence-corrected chi connectivity index (χ3v) is 8.87. The van der Waals surface area contributed by atoms with Crippen LogP contribution in [-0.2, 0) is 14.8 Å². The van der Waals surface area contributed by atoms with Crippen LogP contribution in [0.25, 0.3) is 20.8 Å². The van der Waals surface area contributed by atoms with Crippen molar-refractivity contribution in [1.29, 1.82) is 0 Å². The van der Waals surface area contributed by atoms with E-state index in [2.05, 4.69) is 10.3 Å². The first-order valence-electron chi connectivity index (χ1n) is 10.9. The summed E-state index contributed by atoms with van der Waals surface area (Å²) in [6.45, 7) is 0.309. The molecule has 1 N–H and O–H groups in total. The molecule has 1 aliphatic rings. The maximum Gasteiger partial charge on any atom is 0.243 e. The predicted octanol–water partition coefficient (Wildman–Crippen LogP) is 4.76. The number of hydrogen-bond donors (Lipinski definition) is 1. The van der Waals surface area contributed by atoms with Crippen molar-refractivity contribution < 1.29 is 17.9 Å². The summed E-state index contributed by atoms with van der Waals surface area (Å²) in [7, 11) is -2.27. The summed E-state index contributed by atoms with van der Waals surface area (Å²) >= 11 is 1.61. The number of ether oxygens (including phenoxy) is 1. The van der Waals surface area contributed by atoms with Crippen LogP contribution in [0.3, 0.4) is 0 Å². The zero-order valence-corrected chi connectivity index (χ0v) is 20.1. The maximum absolute atomic E-state index is 13.2. The highest BCUT2D eigenvalue weighted by atomic mass is 32.2. The van der Waals surface area contributed by atoms with Gasteiger partial charge in [-0.1, -0.05) is 12.1 Å². The van der Waals surface area contributed by atoms with Crippen LogP contribution in [0.15, 0.2) is 77.7 Å². The summed E-state index contributed by atoms with van der Waals surface area (Å²) in [5.74, 6) is 0.242. The number of para-hydroxylation sites is 1. The molecule has 4 aromatic rings. The van der Waals surface area contributed by atoms with Gasteiger partial charge in [-0.2, -0.15) is 4.31 Å². The van der Waals surface area contributed by atoms with E-state index in [0.29, 0.717) is 30.8 Å². The second-order valence-electron chi connectivity index (χ2n) is 8.00. The molecule has 0 bridgehead atoms. The van der Waals surface area contributed by atoms with E-state index in [0.717, 1.165) is 20.8 Å². The Hall–Kier alpha value is -3.27. The lowest BCUT2D eigenvalue weighted by Gasteiger charge is -2.23. The topological polar surface area (TPSA) is 88.6 Å². The minimum atomic E-state index is -3.80. The van der Waals surface area contributed by atoms with Crippen molar-refractivity contribution in [2.45, 2.75) is 23.8 Å². The zero-order chi connectivity index (χ0) is 23.7. The maximum atomic E-state index is 13.2. The number of benzene rings is 3. The average Bonchev–Trinajstić information content (AvgIpc) is 3.52. The predicted molar refractivity (Wildman–Crippen MR) is 134 cm³/mol. The molecule has 7 nitrogen and oxygen atoms in total. The lowest BCUT2D eigenvalue weighted by molar-refractivity contribution is -0.119. The highest BCUT2D eigenvalue weighted by Gasteiger charge is 2.39. The first-order chi connectivity index (χ1) is 16.5. The number of aromatic nitrogens is 1. The van der Waals surface area contributed by atoms with Gasteiger partial charge in [-0.3, -0.25) is 4.79 Å². The minimum Gasteiger partial charge on any atom is -0.497 e. The van der Waals surface area contributed by atoms with Gasteiger partial charge in [-0.05, 0) is 73.5 Å². The number of nitrogens with zero attached hydrogens (tertiary/aromatic N) is 2. The monoisotopic (exact) mass is 493 g/mol. The second kappa shape index (κ2) is 9.17. The van der Waals surface area contributed by atoms with Crippen LogP contribution in [0.5, 0.6) is 5.75 Å². The van der Waals surface area contributed by atoms with Crippen molar-refractivity contribution in [1.82, 2.24) is 9.29 Å². The van der Waals surface area contributed by atoms with Crippen LogP contribution < -0.4 is 10.1 Å². The highest BCUT2D eigenvalue weighted by molar-refractivity contribution is 7.89. The molecule has 0 radical (unpaired) electrons. The Balaban J connectivity index is 1.31. The van der Waals surface area contributed by atoms with E-state index in [4.69, 9.17) is 4.74 Å². The quantitative estimate of drug-likeness (QED) is 0.418. The Morgan fingerprint density at radius 1 is 1.06 bits per heavy atom.